The number of aromatic amines is 1. The summed E-state index contributed by atoms with van der Waals surface area (Å²) < 4.78 is 15.1. The van der Waals surface area contributed by atoms with Gasteiger partial charge in [-0.15, -0.1) is 0 Å². The molecule has 0 saturated heterocycles. The first-order valence-corrected chi connectivity index (χ1v) is 13.8. The van der Waals surface area contributed by atoms with Gasteiger partial charge in [0.2, 0.25) is 0 Å². The number of fused-ring (bicyclic) bond motifs is 1. The molecule has 13 N–H and O–H groups in total. The van der Waals surface area contributed by atoms with Gasteiger partial charge in [-0.1, -0.05) is 30.3 Å². The van der Waals surface area contributed by atoms with E-state index in [0.29, 0.717) is 18.4 Å². The highest BCUT2D eigenvalue weighted by Gasteiger charge is 2.25. The van der Waals surface area contributed by atoms with Crippen molar-refractivity contribution in [3.05, 3.63) is 65.9 Å². The molecule has 15 nitrogen and oxygen atoms in total. The predicted octanol–water partition coefficient (Wildman–Crippen LogP) is -1.17. The van der Waals surface area contributed by atoms with Crippen molar-refractivity contribution in [2.24, 2.45) is 39.4 Å². The van der Waals surface area contributed by atoms with E-state index in [1.165, 1.54) is 0 Å². The molecule has 3 aromatic rings. The number of carbonyl (C=O) groups excluding carboxylic acids is 4. The monoisotopic (exact) mass is 610 g/mol. The van der Waals surface area contributed by atoms with E-state index in [1.54, 1.807) is 24.3 Å². The van der Waals surface area contributed by atoms with E-state index in [1.807, 2.05) is 30.5 Å². The van der Waals surface area contributed by atoms with Crippen LogP contribution in [0.2, 0.25) is 0 Å². The van der Waals surface area contributed by atoms with Crippen molar-refractivity contribution in [2.75, 3.05) is 13.2 Å². The Labute approximate surface area is 253 Å². The topological polar surface area (TPSA) is 280 Å². The van der Waals surface area contributed by atoms with E-state index in [2.05, 4.69) is 14.7 Å². The van der Waals surface area contributed by atoms with Gasteiger partial charge in [0.15, 0.2) is 5.96 Å². The van der Waals surface area contributed by atoms with E-state index in [0.717, 1.165) is 16.5 Å². The van der Waals surface area contributed by atoms with Gasteiger partial charge in [0.25, 0.3) is 0 Å². The maximum atomic E-state index is 12.5. The van der Waals surface area contributed by atoms with Gasteiger partial charge < -0.3 is 53.6 Å². The zero-order chi connectivity index (χ0) is 32.2. The average Bonchev–Trinajstić information content (AvgIpc) is 3.40. The number of nitrogens with one attached hydrogen (secondary N) is 1. The third-order valence-electron chi connectivity index (χ3n) is 6.50. The van der Waals surface area contributed by atoms with Gasteiger partial charge in [-0.05, 0) is 48.6 Å². The molecule has 1 heterocycles. The summed E-state index contributed by atoms with van der Waals surface area (Å²) in [7, 11) is 0. The first kappa shape index (κ1) is 33.7. The van der Waals surface area contributed by atoms with Crippen LogP contribution in [0.5, 0.6) is 5.75 Å². The molecule has 0 aliphatic rings. The molecule has 2 aromatic carbocycles. The molecule has 0 amide bonds. The third-order valence-corrected chi connectivity index (χ3v) is 6.50. The van der Waals surface area contributed by atoms with Gasteiger partial charge in [0.1, 0.15) is 36.5 Å². The van der Waals surface area contributed by atoms with E-state index in [4.69, 9.17) is 43.9 Å². The van der Waals surface area contributed by atoms with Crippen LogP contribution in [0.15, 0.2) is 59.7 Å². The van der Waals surface area contributed by atoms with Crippen molar-refractivity contribution in [3.8, 4) is 5.75 Å². The molecule has 15 heteroatoms. The standard InChI is InChI=1S/C29H38N8O7/c30-20(5-3-11-36-29(34)35)26(39)44-28(41)23(33)15-42-25(38)21(31)12-16-7-9-18(10-8-16)43-27(40)22(32)13-17-14-37-24-6-2-1-4-19(17)24/h1-2,4,6-10,14,20-23,37H,3,5,11-13,15,30-33H2,(H4,34,35,36)/t20-,21-,22-,23-/m0/s1. The molecule has 236 valence electrons. The normalized spacial score (nSPS) is 13.7. The fourth-order valence-corrected chi connectivity index (χ4v) is 4.08. The summed E-state index contributed by atoms with van der Waals surface area (Å²) >= 11 is 0. The number of guanidine groups is 1. The van der Waals surface area contributed by atoms with E-state index in [9.17, 15) is 19.2 Å². The molecule has 0 spiro atoms. The van der Waals surface area contributed by atoms with Crippen LogP contribution >= 0.6 is 0 Å². The summed E-state index contributed by atoms with van der Waals surface area (Å²) in [6.45, 7) is -0.307. The molecule has 3 rings (SSSR count). The molecule has 0 fully saturated rings. The van der Waals surface area contributed by atoms with E-state index < -0.39 is 54.7 Å². The highest BCUT2D eigenvalue weighted by Crippen LogP contribution is 2.20. The zero-order valence-corrected chi connectivity index (χ0v) is 24.0. The molecule has 0 unspecified atom stereocenters. The van der Waals surface area contributed by atoms with Crippen molar-refractivity contribution >= 4 is 40.7 Å². The maximum absolute atomic E-state index is 12.5. The van der Waals surface area contributed by atoms with Crippen LogP contribution < -0.4 is 39.1 Å². The highest BCUT2D eigenvalue weighted by atomic mass is 16.6. The minimum atomic E-state index is -1.43. The van der Waals surface area contributed by atoms with Crippen LogP contribution in [0.1, 0.15) is 24.0 Å². The fourth-order valence-electron chi connectivity index (χ4n) is 4.08. The summed E-state index contributed by atoms with van der Waals surface area (Å²) in [6, 6.07) is 9.60. The second-order valence-corrected chi connectivity index (χ2v) is 10.1. The Morgan fingerprint density at radius 1 is 0.773 bits per heavy atom. The Morgan fingerprint density at radius 3 is 2.14 bits per heavy atom. The lowest BCUT2D eigenvalue weighted by Crippen LogP contribution is -2.43. The zero-order valence-electron chi connectivity index (χ0n) is 24.0. The second kappa shape index (κ2) is 16.1. The molecule has 0 bridgehead atoms. The number of H-pyrrole nitrogens is 1. The Hall–Kier alpha value is -4.83. The number of rotatable bonds is 15. The van der Waals surface area contributed by atoms with Gasteiger partial charge in [-0.2, -0.15) is 0 Å². The molecule has 0 aliphatic heterocycles. The number of nitrogens with zero attached hydrogens (tertiary/aromatic N) is 1. The quantitative estimate of drug-likeness (QED) is 0.0267. The summed E-state index contributed by atoms with van der Waals surface area (Å²) in [5.41, 5.74) is 36.3. The first-order valence-electron chi connectivity index (χ1n) is 13.8. The second-order valence-electron chi connectivity index (χ2n) is 10.1. The maximum Gasteiger partial charge on any atom is 0.334 e. The number of para-hydroxylation sites is 1. The smallest absolute Gasteiger partial charge is 0.334 e. The van der Waals surface area contributed by atoms with Crippen molar-refractivity contribution in [2.45, 2.75) is 49.9 Å². The van der Waals surface area contributed by atoms with Crippen LogP contribution in [-0.2, 0) is 41.5 Å². The number of hydrogen-bond acceptors (Lipinski definition) is 12. The van der Waals surface area contributed by atoms with Gasteiger partial charge >= 0.3 is 23.9 Å². The molecule has 0 aliphatic carbocycles. The van der Waals surface area contributed by atoms with Crippen molar-refractivity contribution in [1.82, 2.24) is 4.98 Å². The Morgan fingerprint density at radius 2 is 1.43 bits per heavy atom. The SMILES string of the molecule is NC(N)=NCCC[C@H](N)C(=O)OC(=O)[C@@H](N)COC(=O)[C@@H](N)Cc1ccc(OC(=O)[C@@H](N)Cc2c[nH]c3ccccc23)cc1. The van der Waals surface area contributed by atoms with Crippen LogP contribution in [0, 0.1) is 0 Å². The summed E-state index contributed by atoms with van der Waals surface area (Å²) in [4.78, 5) is 55.9. The molecule has 44 heavy (non-hydrogen) atoms. The minimum Gasteiger partial charge on any atom is -0.462 e. The predicted molar refractivity (Wildman–Crippen MR) is 162 cm³/mol. The van der Waals surface area contributed by atoms with E-state index >= 15 is 0 Å². The summed E-state index contributed by atoms with van der Waals surface area (Å²) in [6.07, 6.45) is 2.76. The van der Waals surface area contributed by atoms with Crippen LogP contribution in [0.4, 0.5) is 0 Å². The minimum absolute atomic E-state index is 0.0833. The van der Waals surface area contributed by atoms with Gasteiger partial charge in [-0.25, -0.2) is 14.4 Å². The lowest BCUT2D eigenvalue weighted by Gasteiger charge is -2.16. The lowest BCUT2D eigenvalue weighted by molar-refractivity contribution is -0.163. The van der Waals surface area contributed by atoms with Gasteiger partial charge in [0.05, 0.1) is 0 Å². The molecule has 1 aromatic heterocycles. The van der Waals surface area contributed by atoms with Crippen molar-refractivity contribution < 1.29 is 33.4 Å². The molecular formula is C29H38N8O7. The number of aromatic nitrogens is 1. The summed E-state index contributed by atoms with van der Waals surface area (Å²) in [5.74, 6) is -3.32. The third kappa shape index (κ3) is 10.2. The Bertz CT molecular complexity index is 1470. The number of carbonyl (C=O) groups is 4. The van der Waals surface area contributed by atoms with Crippen molar-refractivity contribution in [1.29, 1.82) is 0 Å². The molecule has 0 saturated carbocycles. The molecule has 0 radical (unpaired) electrons. The number of esters is 4. The van der Waals surface area contributed by atoms with Crippen LogP contribution in [0.25, 0.3) is 10.9 Å². The van der Waals surface area contributed by atoms with E-state index in [-0.39, 0.29) is 31.1 Å². The van der Waals surface area contributed by atoms with Crippen molar-refractivity contribution in [3.63, 3.8) is 0 Å². The largest absolute Gasteiger partial charge is 0.462 e. The molecule has 4 atom stereocenters. The van der Waals surface area contributed by atoms with Crippen LogP contribution in [0.3, 0.4) is 0 Å². The van der Waals surface area contributed by atoms with Gasteiger partial charge in [-0.3, -0.25) is 9.79 Å². The Balaban J connectivity index is 1.39. The number of nitrogens with two attached hydrogens (primary N) is 6. The number of benzene rings is 2. The lowest BCUT2D eigenvalue weighted by atomic mass is 10.1. The highest BCUT2D eigenvalue weighted by molar-refractivity contribution is 5.91. The van der Waals surface area contributed by atoms with Crippen LogP contribution in [-0.4, -0.2) is 72.1 Å². The Kier molecular flexibility index (Phi) is 12.3. The van der Waals surface area contributed by atoms with Gasteiger partial charge in [0, 0.05) is 30.1 Å². The average molecular weight is 611 g/mol. The number of hydrogen-bond donors (Lipinski definition) is 7. The fraction of sp³-hybridized carbons (Fsp3) is 0.345. The number of ether oxygens (including phenoxy) is 3. The first-order chi connectivity index (χ1) is 20.9. The molecular weight excluding hydrogens is 572 g/mol. The summed E-state index contributed by atoms with van der Waals surface area (Å²) in [5, 5.41) is 0.986. The number of aliphatic imine (C=N–C) groups is 1.